The number of hydrogen-bond donors (Lipinski definition) is 3. The Hall–Kier alpha value is -2.69. The number of hydrogen-bond acceptors (Lipinski definition) is 8. The smallest absolute Gasteiger partial charge is 0.434 e. The van der Waals surface area contributed by atoms with E-state index < -0.39 is 24.6 Å². The molecule has 1 aliphatic rings. The first-order valence-corrected chi connectivity index (χ1v) is 7.19. The highest BCUT2D eigenvalue weighted by Gasteiger charge is 2.34. The van der Waals surface area contributed by atoms with Crippen LogP contribution in [-0.4, -0.2) is 56.8 Å². The Morgan fingerprint density at radius 3 is 2.67 bits per heavy atom. The summed E-state index contributed by atoms with van der Waals surface area (Å²) in [5.41, 5.74) is 0.803. The van der Waals surface area contributed by atoms with Crippen molar-refractivity contribution in [2.45, 2.75) is 25.3 Å². The normalized spacial score (nSPS) is 21.0. The second-order valence-electron chi connectivity index (χ2n) is 5.17. The molecule has 3 rings (SSSR count). The van der Waals surface area contributed by atoms with Gasteiger partial charge in [-0.3, -0.25) is 5.32 Å². The van der Waals surface area contributed by atoms with E-state index in [9.17, 15) is 19.8 Å². The molecule has 3 N–H and O–H groups in total. The number of hydroxylamine groups is 2. The molecule has 24 heavy (non-hydrogen) atoms. The third-order valence-corrected chi connectivity index (χ3v) is 3.66. The van der Waals surface area contributed by atoms with Crippen LogP contribution in [0.2, 0.25) is 0 Å². The average Bonchev–Trinajstić information content (AvgIpc) is 3.13. The molecule has 2 unspecified atom stereocenters. The van der Waals surface area contributed by atoms with Gasteiger partial charge in [0.05, 0.1) is 24.5 Å². The summed E-state index contributed by atoms with van der Waals surface area (Å²) in [7, 11) is 1.24. The van der Waals surface area contributed by atoms with Crippen molar-refractivity contribution in [1.82, 2.24) is 14.8 Å². The molecule has 128 valence electrons. The zero-order chi connectivity index (χ0) is 17.3. The highest BCUT2D eigenvalue weighted by atomic mass is 16.8. The Balaban J connectivity index is 1.79. The number of nitrogens with zero attached hydrogens (tertiary/aromatic N) is 3. The van der Waals surface area contributed by atoms with Crippen LogP contribution < -0.4 is 5.32 Å². The molecule has 1 aromatic heterocycles. The molecule has 0 saturated carbocycles. The summed E-state index contributed by atoms with van der Waals surface area (Å²) in [4.78, 5) is 28.5. The number of nitrogens with one attached hydrogen (secondary N) is 1. The van der Waals surface area contributed by atoms with Crippen molar-refractivity contribution >= 4 is 28.8 Å². The number of aromatic nitrogens is 2. The van der Waals surface area contributed by atoms with Crippen molar-refractivity contribution in [1.29, 1.82) is 0 Å². The molecule has 10 heteroatoms. The van der Waals surface area contributed by atoms with Gasteiger partial charge in [-0.05, 0) is 25.0 Å². The molecule has 0 spiro atoms. The first-order chi connectivity index (χ1) is 11.5. The van der Waals surface area contributed by atoms with E-state index in [0.29, 0.717) is 29.4 Å². The lowest BCUT2D eigenvalue weighted by Crippen LogP contribution is -2.39. The Morgan fingerprint density at radius 1 is 1.29 bits per heavy atom. The van der Waals surface area contributed by atoms with E-state index >= 15 is 0 Å². The third-order valence-electron chi connectivity index (χ3n) is 3.66. The van der Waals surface area contributed by atoms with E-state index in [1.807, 2.05) is 0 Å². The number of fused-ring (bicyclic) bond motifs is 1. The number of aliphatic hydroxyl groups excluding tert-OH is 2. The minimum absolute atomic E-state index is 0.302. The minimum Gasteiger partial charge on any atom is -0.451 e. The summed E-state index contributed by atoms with van der Waals surface area (Å²) in [5.74, 6) is 0. The summed E-state index contributed by atoms with van der Waals surface area (Å²) < 4.78 is 5.68. The van der Waals surface area contributed by atoms with Gasteiger partial charge in [-0.2, -0.15) is 9.78 Å². The van der Waals surface area contributed by atoms with E-state index in [0.717, 1.165) is 9.75 Å². The number of carbonyl (C=O) groups excluding carboxylic acids is 2. The maximum atomic E-state index is 12.0. The molecular formula is C14H16N4O6. The van der Waals surface area contributed by atoms with Crippen LogP contribution in [0.5, 0.6) is 0 Å². The van der Waals surface area contributed by atoms with Gasteiger partial charge in [0.15, 0.2) is 0 Å². The molecule has 2 heterocycles. The molecule has 2 aromatic rings. The highest BCUT2D eigenvalue weighted by Crippen LogP contribution is 2.25. The van der Waals surface area contributed by atoms with Crippen molar-refractivity contribution in [2.75, 3.05) is 12.4 Å². The van der Waals surface area contributed by atoms with E-state index in [1.54, 1.807) is 18.2 Å². The SMILES string of the molecule is COC(=O)n1ncc2c(NC(=O)ON3C(O)CCC3O)cccc21. The lowest BCUT2D eigenvalue weighted by atomic mass is 10.2. The van der Waals surface area contributed by atoms with Crippen molar-refractivity contribution in [3.8, 4) is 0 Å². The Bertz CT molecular complexity index is 766. The summed E-state index contributed by atoms with van der Waals surface area (Å²) in [6.07, 6.45) is -1.64. The number of benzene rings is 1. The van der Waals surface area contributed by atoms with Gasteiger partial charge < -0.3 is 19.8 Å². The average molecular weight is 336 g/mol. The molecule has 0 aliphatic carbocycles. The number of methoxy groups -OCH3 is 1. The quantitative estimate of drug-likeness (QED) is 0.737. The largest absolute Gasteiger partial charge is 0.451 e. The molecule has 1 saturated heterocycles. The maximum Gasteiger partial charge on any atom is 0.434 e. The Labute approximate surface area is 136 Å². The molecule has 10 nitrogen and oxygen atoms in total. The minimum atomic E-state index is -1.05. The fourth-order valence-corrected chi connectivity index (χ4v) is 2.49. The van der Waals surface area contributed by atoms with Gasteiger partial charge in [0.1, 0.15) is 12.5 Å². The number of amides is 1. The summed E-state index contributed by atoms with van der Waals surface area (Å²) in [6, 6.07) is 4.87. The van der Waals surface area contributed by atoms with Crippen LogP contribution in [0.25, 0.3) is 10.9 Å². The van der Waals surface area contributed by atoms with Crippen molar-refractivity contribution in [3.05, 3.63) is 24.4 Å². The topological polar surface area (TPSA) is 126 Å². The Morgan fingerprint density at radius 2 is 2.00 bits per heavy atom. The molecule has 1 aromatic carbocycles. The van der Waals surface area contributed by atoms with E-state index in [1.165, 1.54) is 13.3 Å². The van der Waals surface area contributed by atoms with Crippen molar-refractivity contribution in [3.63, 3.8) is 0 Å². The third kappa shape index (κ3) is 2.89. The van der Waals surface area contributed by atoms with E-state index in [4.69, 9.17) is 4.84 Å². The molecule has 0 radical (unpaired) electrons. The van der Waals surface area contributed by atoms with Gasteiger partial charge in [0, 0.05) is 5.39 Å². The maximum absolute atomic E-state index is 12.0. The van der Waals surface area contributed by atoms with E-state index in [-0.39, 0.29) is 0 Å². The second kappa shape index (κ2) is 6.43. The molecule has 1 amide bonds. The fraction of sp³-hybridized carbons (Fsp3) is 0.357. The van der Waals surface area contributed by atoms with Gasteiger partial charge in [0.25, 0.3) is 0 Å². The first kappa shape index (κ1) is 16.2. The zero-order valence-electron chi connectivity index (χ0n) is 12.7. The highest BCUT2D eigenvalue weighted by molar-refractivity contribution is 6.00. The monoisotopic (exact) mass is 336 g/mol. The van der Waals surface area contributed by atoms with Crippen LogP contribution >= 0.6 is 0 Å². The predicted molar refractivity (Wildman–Crippen MR) is 80.7 cm³/mol. The summed E-state index contributed by atoms with van der Waals surface area (Å²) >= 11 is 0. The lowest BCUT2D eigenvalue weighted by Gasteiger charge is -2.22. The fourth-order valence-electron chi connectivity index (χ4n) is 2.49. The molecular weight excluding hydrogens is 320 g/mol. The molecule has 0 bridgehead atoms. The number of rotatable bonds is 2. The number of ether oxygens (including phenoxy) is 1. The lowest BCUT2D eigenvalue weighted by molar-refractivity contribution is -0.233. The van der Waals surface area contributed by atoms with Gasteiger partial charge >= 0.3 is 12.2 Å². The van der Waals surface area contributed by atoms with E-state index in [2.05, 4.69) is 15.2 Å². The van der Waals surface area contributed by atoms with Gasteiger partial charge in [-0.25, -0.2) is 9.59 Å². The number of anilines is 1. The second-order valence-corrected chi connectivity index (χ2v) is 5.17. The summed E-state index contributed by atoms with van der Waals surface area (Å²) in [5, 5.41) is 27.0. The number of aliphatic hydroxyl groups is 2. The van der Waals surface area contributed by atoms with Gasteiger partial charge in [-0.15, -0.1) is 0 Å². The van der Waals surface area contributed by atoms with Crippen LogP contribution in [0.4, 0.5) is 15.3 Å². The van der Waals surface area contributed by atoms with Gasteiger partial charge in [-0.1, -0.05) is 11.1 Å². The molecule has 1 aliphatic heterocycles. The van der Waals surface area contributed by atoms with Crippen LogP contribution in [-0.2, 0) is 9.57 Å². The molecule has 1 fully saturated rings. The Kier molecular flexibility index (Phi) is 4.34. The number of carbonyl (C=O) groups is 2. The van der Waals surface area contributed by atoms with Gasteiger partial charge in [0.2, 0.25) is 0 Å². The summed E-state index contributed by atoms with van der Waals surface area (Å²) in [6.45, 7) is 0. The van der Waals surface area contributed by atoms with Crippen molar-refractivity contribution < 1.29 is 29.4 Å². The van der Waals surface area contributed by atoms with Crippen LogP contribution in [0.15, 0.2) is 24.4 Å². The zero-order valence-corrected chi connectivity index (χ0v) is 12.7. The predicted octanol–water partition coefficient (Wildman–Crippen LogP) is 0.847. The van der Waals surface area contributed by atoms with Crippen LogP contribution in [0.1, 0.15) is 12.8 Å². The standard InChI is InChI=1S/C14H16N4O6/c1-23-14(22)17-10-4-2-3-9(8(10)7-15-17)16-13(21)24-18-11(19)5-6-12(18)20/h2-4,7,11-12,19-20H,5-6H2,1H3,(H,16,21). The van der Waals surface area contributed by atoms with Crippen LogP contribution in [0, 0.1) is 0 Å². The molecule has 2 atom stereocenters. The van der Waals surface area contributed by atoms with Crippen LogP contribution in [0.3, 0.4) is 0 Å². The first-order valence-electron chi connectivity index (χ1n) is 7.19. The van der Waals surface area contributed by atoms with Crippen molar-refractivity contribution in [2.24, 2.45) is 0 Å².